The normalized spacial score (nSPS) is 14.1. The van der Waals surface area contributed by atoms with Gasteiger partial charge < -0.3 is 20.3 Å². The Morgan fingerprint density at radius 3 is 2.23 bits per heavy atom. The molecule has 1 fully saturated rings. The van der Waals surface area contributed by atoms with Gasteiger partial charge in [0.15, 0.2) is 0 Å². The maximum atomic E-state index is 12.2. The maximum Gasteiger partial charge on any atom is 0.243 e. The van der Waals surface area contributed by atoms with Crippen molar-refractivity contribution in [2.45, 2.75) is 101 Å². The molecule has 0 spiro atoms. The molecule has 242 valence electrons. The summed E-state index contributed by atoms with van der Waals surface area (Å²) in [6.07, 6.45) is 6.13. The van der Waals surface area contributed by atoms with Crippen molar-refractivity contribution in [1.29, 1.82) is 0 Å². The van der Waals surface area contributed by atoms with Gasteiger partial charge in [-0.3, -0.25) is 9.59 Å². The van der Waals surface area contributed by atoms with Crippen molar-refractivity contribution in [3.8, 4) is 11.2 Å². The number of hydrogen-bond donors (Lipinski definition) is 3. The van der Waals surface area contributed by atoms with Gasteiger partial charge in [0.2, 0.25) is 12.3 Å². The summed E-state index contributed by atoms with van der Waals surface area (Å²) in [6, 6.07) is 8.21. The van der Waals surface area contributed by atoms with Crippen molar-refractivity contribution in [1.82, 2.24) is 20.7 Å². The molecule has 1 atom stereocenters. The monoisotopic (exact) mass is 614 g/mol. The Morgan fingerprint density at radius 1 is 1.16 bits per heavy atom. The van der Waals surface area contributed by atoms with Gasteiger partial charge in [-0.25, -0.2) is 5.43 Å². The van der Waals surface area contributed by atoms with Crippen molar-refractivity contribution < 1.29 is 14.7 Å². The first kappa shape index (κ1) is 40.3. The van der Waals surface area contributed by atoms with Crippen molar-refractivity contribution >= 4 is 29.0 Å². The third-order valence-corrected chi connectivity index (χ3v) is 7.27. The minimum absolute atomic E-state index is 0.0618. The Bertz CT molecular complexity index is 1050. The number of benzene rings is 1. The number of likely N-dealkylation sites (tertiary alicyclic amines) is 1. The molecule has 1 aromatic rings. The van der Waals surface area contributed by atoms with E-state index in [2.05, 4.69) is 95.6 Å². The zero-order chi connectivity index (χ0) is 32.8. The minimum Gasteiger partial charge on any atom is -0.391 e. The highest BCUT2D eigenvalue weighted by atomic mass is 32.2. The van der Waals surface area contributed by atoms with Gasteiger partial charge in [0.05, 0.1) is 6.10 Å². The van der Waals surface area contributed by atoms with E-state index in [1.165, 1.54) is 21.6 Å². The minimum atomic E-state index is -0.358. The van der Waals surface area contributed by atoms with Gasteiger partial charge in [0, 0.05) is 44.2 Å². The van der Waals surface area contributed by atoms with E-state index < -0.39 is 0 Å². The molecule has 0 saturated carbocycles. The molecule has 0 aliphatic carbocycles. The highest BCUT2D eigenvalue weighted by Crippen LogP contribution is 2.30. The van der Waals surface area contributed by atoms with Crippen LogP contribution < -0.4 is 10.7 Å². The molecule has 1 saturated heterocycles. The lowest BCUT2D eigenvalue weighted by Gasteiger charge is -2.24. The summed E-state index contributed by atoms with van der Waals surface area (Å²) in [4.78, 5) is 25.4. The maximum absolute atomic E-state index is 12.2. The lowest BCUT2D eigenvalue weighted by atomic mass is 10.00. The van der Waals surface area contributed by atoms with Crippen LogP contribution >= 0.6 is 11.8 Å². The molecule has 7 nitrogen and oxygen atoms in total. The van der Waals surface area contributed by atoms with Crippen LogP contribution in [0.5, 0.6) is 0 Å². The molecule has 3 N–H and O–H groups in total. The average Bonchev–Trinajstić information content (AvgIpc) is 3.40. The van der Waals surface area contributed by atoms with Crippen molar-refractivity contribution in [2.75, 3.05) is 26.7 Å². The fraction of sp³-hybridized carbons (Fsp3) is 0.600. The molecular weight excluding hydrogens is 556 g/mol. The number of aliphatic hydroxyl groups is 1. The lowest BCUT2D eigenvalue weighted by Crippen LogP contribution is -2.42. The Balaban J connectivity index is 0.000000730. The first-order valence-corrected chi connectivity index (χ1v) is 16.4. The molecule has 1 aliphatic heterocycles. The number of carbonyl (C=O) groups excluding carboxylic acids is 2. The predicted octanol–water partition coefficient (Wildman–Crippen LogP) is 6.81. The van der Waals surface area contributed by atoms with E-state index in [9.17, 15) is 14.7 Å². The zero-order valence-electron chi connectivity index (χ0n) is 28.4. The smallest absolute Gasteiger partial charge is 0.243 e. The predicted molar refractivity (Wildman–Crippen MR) is 185 cm³/mol. The van der Waals surface area contributed by atoms with Crippen LogP contribution in [0.1, 0.15) is 99.1 Å². The molecule has 1 unspecified atom stereocenters. The van der Waals surface area contributed by atoms with E-state index >= 15 is 0 Å². The second-order valence-corrected chi connectivity index (χ2v) is 12.6. The SMILES string of the molecule is CC(C)C.CCC#CSC(=C(C)C)c1ccc(CNC=O)cc1.CCC/C(=C\N(CC(=O)N1CCC(O)C1)NC)C(C)C. The second kappa shape index (κ2) is 23.7. The first-order valence-electron chi connectivity index (χ1n) is 15.6. The van der Waals surface area contributed by atoms with Crippen LogP contribution in [0.3, 0.4) is 0 Å². The van der Waals surface area contributed by atoms with Crippen LogP contribution in [-0.2, 0) is 16.1 Å². The van der Waals surface area contributed by atoms with Gasteiger partial charge in [0.1, 0.15) is 6.54 Å². The van der Waals surface area contributed by atoms with E-state index in [0.29, 0.717) is 44.9 Å². The molecule has 8 heteroatoms. The Hall–Kier alpha value is -2.73. The number of carbonyl (C=O) groups is 2. The van der Waals surface area contributed by atoms with Crippen LogP contribution in [-0.4, -0.2) is 60.1 Å². The number of nitrogens with one attached hydrogen (secondary N) is 2. The molecule has 1 aromatic carbocycles. The molecule has 2 rings (SSSR count). The fourth-order valence-electron chi connectivity index (χ4n) is 3.94. The number of hydrazine groups is 1. The number of hydrogen-bond acceptors (Lipinski definition) is 6. The standard InChI is InChI=1S/C16H19NOS.C15H29N3O2.C4H10/c1-4-5-10-19-16(13(2)3)15-8-6-14(7-9-15)11-17-12-18;1-5-6-13(12(2)3)9-18(16-4)11-15(20)17-8-7-14(19)10-17;1-4(2)3/h6-9,12H,4,11H2,1-3H3,(H,17,18);9,12,14,16,19H,5-8,10-11H2,1-4H3;4H,1-3H3/b;13-9+;. The number of amides is 2. The molecule has 0 bridgehead atoms. The third kappa shape index (κ3) is 18.5. The van der Waals surface area contributed by atoms with Crippen LogP contribution in [0.25, 0.3) is 4.91 Å². The van der Waals surface area contributed by atoms with Gasteiger partial charge >= 0.3 is 0 Å². The van der Waals surface area contributed by atoms with Gasteiger partial charge in [0.25, 0.3) is 0 Å². The third-order valence-electron chi connectivity index (χ3n) is 6.17. The van der Waals surface area contributed by atoms with Crippen LogP contribution in [0, 0.1) is 23.0 Å². The molecule has 43 heavy (non-hydrogen) atoms. The fourth-order valence-corrected chi connectivity index (χ4v) is 4.71. The summed E-state index contributed by atoms with van der Waals surface area (Å²) in [5, 5.41) is 17.1. The summed E-state index contributed by atoms with van der Waals surface area (Å²) in [7, 11) is 1.83. The first-order chi connectivity index (χ1) is 20.4. The van der Waals surface area contributed by atoms with Gasteiger partial charge in [-0.2, -0.15) is 0 Å². The van der Waals surface area contributed by atoms with Crippen LogP contribution in [0.4, 0.5) is 0 Å². The molecular formula is C35H58N4O3S. The lowest BCUT2D eigenvalue weighted by molar-refractivity contribution is -0.131. The number of rotatable bonds is 12. The summed E-state index contributed by atoms with van der Waals surface area (Å²) >= 11 is 1.58. The van der Waals surface area contributed by atoms with E-state index in [-0.39, 0.29) is 12.0 Å². The Labute approximate surface area is 266 Å². The number of allylic oxidation sites excluding steroid dienone is 2. The van der Waals surface area contributed by atoms with Gasteiger partial charge in [-0.15, -0.1) is 0 Å². The van der Waals surface area contributed by atoms with Crippen LogP contribution in [0.15, 0.2) is 41.6 Å². The van der Waals surface area contributed by atoms with E-state index in [4.69, 9.17) is 0 Å². The topological polar surface area (TPSA) is 84.9 Å². The summed E-state index contributed by atoms with van der Waals surface area (Å²) < 4.78 is 0. The molecule has 0 radical (unpaired) electrons. The zero-order valence-corrected chi connectivity index (χ0v) is 29.2. The van der Waals surface area contributed by atoms with Crippen molar-refractivity contribution in [2.24, 2.45) is 11.8 Å². The summed E-state index contributed by atoms with van der Waals surface area (Å²) in [5.74, 6) is 4.45. The van der Waals surface area contributed by atoms with Gasteiger partial charge in [-0.05, 0) is 66.7 Å². The summed E-state index contributed by atoms with van der Waals surface area (Å²) in [6.45, 7) is 21.2. The van der Waals surface area contributed by atoms with E-state index in [0.717, 1.165) is 30.7 Å². The number of aliphatic hydroxyl groups excluding tert-OH is 1. The van der Waals surface area contributed by atoms with E-state index in [1.807, 2.05) is 31.1 Å². The summed E-state index contributed by atoms with van der Waals surface area (Å²) in [5.41, 5.74) is 7.92. The molecule has 1 heterocycles. The molecule has 0 aromatic heterocycles. The van der Waals surface area contributed by atoms with E-state index in [1.54, 1.807) is 16.7 Å². The highest BCUT2D eigenvalue weighted by Gasteiger charge is 2.25. The number of nitrogens with zero attached hydrogens (tertiary/aromatic N) is 2. The second-order valence-electron chi connectivity index (χ2n) is 11.7. The molecule has 2 amide bonds. The van der Waals surface area contributed by atoms with Crippen molar-refractivity contribution in [3.63, 3.8) is 0 Å². The highest BCUT2D eigenvalue weighted by molar-refractivity contribution is 8.12. The largest absolute Gasteiger partial charge is 0.391 e. The Kier molecular flexibility index (Phi) is 22.2. The van der Waals surface area contributed by atoms with Gasteiger partial charge in [-0.1, -0.05) is 96.2 Å². The number of β-amino-alcohol motifs (C(OH)–C–C–N with tert-alkyl or cyclic N) is 1. The average molecular weight is 615 g/mol. The Morgan fingerprint density at radius 2 is 1.79 bits per heavy atom. The van der Waals surface area contributed by atoms with Crippen LogP contribution in [0.2, 0.25) is 0 Å². The van der Waals surface area contributed by atoms with Crippen molar-refractivity contribution in [3.05, 3.63) is 52.7 Å². The molecule has 1 aliphatic rings. The number of thioether (sulfide) groups is 1. The quantitative estimate of drug-likeness (QED) is 0.136.